The molecule has 0 amide bonds. The minimum absolute atomic E-state index is 0.122. The molecule has 0 N–H and O–H groups in total. The summed E-state index contributed by atoms with van der Waals surface area (Å²) in [6, 6.07) is 7.54. The Bertz CT molecular complexity index is 679. The van der Waals surface area contributed by atoms with Crippen LogP contribution in [-0.4, -0.2) is 21.1 Å². The van der Waals surface area contributed by atoms with Gasteiger partial charge < -0.3 is 9.42 Å². The smallest absolute Gasteiger partial charge is 0.317 e. The molecular formula is C15H18N4O3. The molecule has 1 aliphatic carbocycles. The van der Waals surface area contributed by atoms with Crippen molar-refractivity contribution in [3.63, 3.8) is 0 Å². The van der Waals surface area contributed by atoms with Crippen molar-refractivity contribution in [2.75, 3.05) is 4.90 Å². The first kappa shape index (κ1) is 14.5. The molecular weight excluding hydrogens is 284 g/mol. The highest BCUT2D eigenvalue weighted by atomic mass is 16.6. The fraction of sp³-hybridized carbons (Fsp3) is 0.467. The molecule has 3 rings (SSSR count). The largest absolute Gasteiger partial charge is 0.324 e. The van der Waals surface area contributed by atoms with Gasteiger partial charge in [-0.3, -0.25) is 10.1 Å². The molecule has 0 spiro atoms. The van der Waals surface area contributed by atoms with E-state index in [1.165, 1.54) is 6.07 Å². The molecule has 1 saturated carbocycles. The van der Waals surface area contributed by atoms with Crippen LogP contribution in [0.25, 0.3) is 0 Å². The van der Waals surface area contributed by atoms with Crippen LogP contribution in [0.15, 0.2) is 28.8 Å². The number of aromatic nitrogens is 2. The number of rotatable bonds is 6. The second kappa shape index (κ2) is 5.75. The van der Waals surface area contributed by atoms with E-state index in [2.05, 4.69) is 10.1 Å². The van der Waals surface area contributed by atoms with Crippen LogP contribution in [0, 0.1) is 10.1 Å². The van der Waals surface area contributed by atoms with Crippen molar-refractivity contribution >= 4 is 11.7 Å². The van der Waals surface area contributed by atoms with Gasteiger partial charge in [0.15, 0.2) is 5.82 Å². The van der Waals surface area contributed by atoms with E-state index in [4.69, 9.17) is 4.52 Å². The zero-order chi connectivity index (χ0) is 15.7. The Morgan fingerprint density at radius 1 is 1.41 bits per heavy atom. The number of benzene rings is 1. The number of anilines is 1. The Kier molecular flexibility index (Phi) is 3.79. The summed E-state index contributed by atoms with van der Waals surface area (Å²) in [7, 11) is 0. The highest BCUT2D eigenvalue weighted by Gasteiger charge is 2.34. The van der Waals surface area contributed by atoms with Gasteiger partial charge in [0.1, 0.15) is 0 Å². The molecule has 2 aromatic rings. The topological polar surface area (TPSA) is 85.3 Å². The maximum absolute atomic E-state index is 11.2. The lowest BCUT2D eigenvalue weighted by molar-refractivity contribution is -0.385. The van der Waals surface area contributed by atoms with Gasteiger partial charge in [-0.05, 0) is 12.8 Å². The molecule has 1 aliphatic rings. The molecule has 0 saturated heterocycles. The number of nitro benzene ring substituents is 1. The predicted molar refractivity (Wildman–Crippen MR) is 80.7 cm³/mol. The summed E-state index contributed by atoms with van der Waals surface area (Å²) >= 11 is 0. The minimum Gasteiger partial charge on any atom is -0.317 e. The molecule has 7 heteroatoms. The van der Waals surface area contributed by atoms with Crippen molar-refractivity contribution in [1.82, 2.24) is 10.1 Å². The van der Waals surface area contributed by atoms with Crippen LogP contribution in [0.4, 0.5) is 11.7 Å². The van der Waals surface area contributed by atoms with Crippen molar-refractivity contribution in [1.29, 1.82) is 0 Å². The van der Waals surface area contributed by atoms with Crippen LogP contribution < -0.4 is 4.90 Å². The first-order chi connectivity index (χ1) is 10.6. The van der Waals surface area contributed by atoms with Crippen molar-refractivity contribution < 1.29 is 9.45 Å². The minimum atomic E-state index is -0.353. The lowest BCUT2D eigenvalue weighted by atomic mass is 10.1. The summed E-state index contributed by atoms with van der Waals surface area (Å²) in [5.41, 5.74) is 0.778. The van der Waals surface area contributed by atoms with E-state index < -0.39 is 0 Å². The van der Waals surface area contributed by atoms with Gasteiger partial charge in [0, 0.05) is 23.6 Å². The molecule has 0 radical (unpaired) electrons. The van der Waals surface area contributed by atoms with E-state index in [0.29, 0.717) is 30.0 Å². The lowest BCUT2D eigenvalue weighted by Crippen LogP contribution is -2.25. The van der Waals surface area contributed by atoms with Crippen LogP contribution in [-0.2, 0) is 6.54 Å². The second-order valence-corrected chi connectivity index (χ2v) is 5.83. The van der Waals surface area contributed by atoms with E-state index in [-0.39, 0.29) is 16.5 Å². The molecule has 0 bridgehead atoms. The van der Waals surface area contributed by atoms with Crippen LogP contribution >= 0.6 is 0 Å². The highest BCUT2D eigenvalue weighted by molar-refractivity contribution is 5.44. The molecule has 116 valence electrons. The Morgan fingerprint density at radius 3 is 2.73 bits per heavy atom. The van der Waals surface area contributed by atoms with Gasteiger partial charge in [0.25, 0.3) is 5.69 Å². The van der Waals surface area contributed by atoms with Gasteiger partial charge >= 0.3 is 6.01 Å². The molecule has 1 aromatic carbocycles. The van der Waals surface area contributed by atoms with Gasteiger partial charge in [-0.15, -0.1) is 0 Å². The van der Waals surface area contributed by atoms with Gasteiger partial charge in [-0.1, -0.05) is 37.2 Å². The average Bonchev–Trinajstić information content (AvgIpc) is 3.20. The first-order valence-corrected chi connectivity index (χ1v) is 7.39. The molecule has 0 unspecified atom stereocenters. The quantitative estimate of drug-likeness (QED) is 0.601. The number of hydrogen-bond donors (Lipinski definition) is 0. The summed E-state index contributed by atoms with van der Waals surface area (Å²) in [5, 5.41) is 15.1. The van der Waals surface area contributed by atoms with Crippen LogP contribution in [0.1, 0.15) is 44.0 Å². The van der Waals surface area contributed by atoms with Gasteiger partial charge in [0.2, 0.25) is 0 Å². The van der Waals surface area contributed by atoms with Crippen LogP contribution in [0.5, 0.6) is 0 Å². The summed E-state index contributed by atoms with van der Waals surface area (Å²) in [6.45, 7) is 4.40. The monoisotopic (exact) mass is 302 g/mol. The van der Waals surface area contributed by atoms with Crippen molar-refractivity contribution in [3.05, 3.63) is 45.8 Å². The fourth-order valence-electron chi connectivity index (χ4n) is 2.32. The third-order valence-electron chi connectivity index (χ3n) is 3.71. The molecule has 0 aliphatic heterocycles. The predicted octanol–water partition coefficient (Wildman–Crippen LogP) is 3.27. The first-order valence-electron chi connectivity index (χ1n) is 7.39. The third kappa shape index (κ3) is 2.93. The van der Waals surface area contributed by atoms with Crippen molar-refractivity contribution in [2.24, 2.45) is 0 Å². The lowest BCUT2D eigenvalue weighted by Gasteiger charge is -2.19. The van der Waals surface area contributed by atoms with Crippen molar-refractivity contribution in [3.8, 4) is 0 Å². The highest BCUT2D eigenvalue weighted by Crippen LogP contribution is 2.34. The molecule has 1 aromatic heterocycles. The number of nitrogens with zero attached hydrogens (tertiary/aromatic N) is 4. The number of para-hydroxylation sites is 1. The van der Waals surface area contributed by atoms with Crippen molar-refractivity contribution in [2.45, 2.75) is 45.2 Å². The zero-order valence-corrected chi connectivity index (χ0v) is 12.6. The normalized spacial score (nSPS) is 14.3. The average molecular weight is 302 g/mol. The van der Waals surface area contributed by atoms with Gasteiger partial charge in [0.05, 0.1) is 11.5 Å². The van der Waals surface area contributed by atoms with Crippen LogP contribution in [0.3, 0.4) is 0 Å². The molecule has 22 heavy (non-hydrogen) atoms. The molecule has 7 nitrogen and oxygen atoms in total. The summed E-state index contributed by atoms with van der Waals surface area (Å²) in [5.74, 6) is 0.841. The third-order valence-corrected chi connectivity index (χ3v) is 3.71. The van der Waals surface area contributed by atoms with E-state index in [9.17, 15) is 10.1 Å². The maximum Gasteiger partial charge on any atom is 0.324 e. The maximum atomic E-state index is 11.2. The van der Waals surface area contributed by atoms with E-state index in [1.54, 1.807) is 18.2 Å². The SMILES string of the molecule is CC(C)c1noc(N(Cc2ccccc2[N+](=O)[O-])C2CC2)n1. The summed E-state index contributed by atoms with van der Waals surface area (Å²) in [6.07, 6.45) is 2.08. The Balaban J connectivity index is 1.88. The summed E-state index contributed by atoms with van der Waals surface area (Å²) < 4.78 is 5.36. The number of hydrogen-bond acceptors (Lipinski definition) is 6. The zero-order valence-electron chi connectivity index (χ0n) is 12.6. The van der Waals surface area contributed by atoms with E-state index in [1.807, 2.05) is 18.7 Å². The second-order valence-electron chi connectivity index (χ2n) is 5.83. The summed E-state index contributed by atoms with van der Waals surface area (Å²) in [4.78, 5) is 17.2. The molecule has 1 heterocycles. The number of nitro groups is 1. The van der Waals surface area contributed by atoms with Gasteiger partial charge in [-0.2, -0.15) is 4.98 Å². The van der Waals surface area contributed by atoms with E-state index in [0.717, 1.165) is 12.8 Å². The van der Waals surface area contributed by atoms with Crippen LogP contribution in [0.2, 0.25) is 0 Å². The molecule has 0 atom stereocenters. The fourth-order valence-corrected chi connectivity index (χ4v) is 2.32. The van der Waals surface area contributed by atoms with Gasteiger partial charge in [-0.25, -0.2) is 0 Å². The van der Waals surface area contributed by atoms with E-state index >= 15 is 0 Å². The Hall–Kier alpha value is -2.44. The standard InChI is InChI=1S/C15H18N4O3/c1-10(2)14-16-15(22-17-14)18(12-7-8-12)9-11-5-3-4-6-13(11)19(20)21/h3-6,10,12H,7-9H2,1-2H3. The Labute approximate surface area is 128 Å². The molecule has 1 fully saturated rings. The Morgan fingerprint density at radius 2 is 2.14 bits per heavy atom.